The third-order valence-electron chi connectivity index (χ3n) is 3.88. The van der Waals surface area contributed by atoms with Crippen molar-refractivity contribution in [2.24, 2.45) is 0 Å². The van der Waals surface area contributed by atoms with Crippen molar-refractivity contribution in [3.8, 4) is 0 Å². The van der Waals surface area contributed by atoms with Gasteiger partial charge < -0.3 is 4.90 Å². The van der Waals surface area contributed by atoms with E-state index in [1.54, 1.807) is 24.2 Å². The van der Waals surface area contributed by atoms with Gasteiger partial charge >= 0.3 is 6.18 Å². The van der Waals surface area contributed by atoms with Crippen molar-refractivity contribution in [3.63, 3.8) is 0 Å². The first-order valence-electron chi connectivity index (χ1n) is 7.32. The lowest BCUT2D eigenvalue weighted by atomic mass is 10.1. The van der Waals surface area contributed by atoms with Crippen LogP contribution in [0, 0.1) is 0 Å². The number of hydrogen-bond acceptors (Lipinski definition) is 3. The second-order valence-electron chi connectivity index (χ2n) is 5.63. The maximum absolute atomic E-state index is 12.5. The Labute approximate surface area is 127 Å². The van der Waals surface area contributed by atoms with E-state index in [4.69, 9.17) is 0 Å². The van der Waals surface area contributed by atoms with Gasteiger partial charge in [-0.1, -0.05) is 0 Å². The average molecular weight is 315 g/mol. The van der Waals surface area contributed by atoms with E-state index in [1.165, 1.54) is 4.90 Å². The van der Waals surface area contributed by atoms with Crippen molar-refractivity contribution in [1.82, 2.24) is 14.8 Å². The summed E-state index contributed by atoms with van der Waals surface area (Å²) in [6.07, 6.45) is 0.159. The van der Waals surface area contributed by atoms with Gasteiger partial charge in [0.05, 0.1) is 6.54 Å². The molecule has 0 bridgehead atoms. The molecule has 1 amide bonds. The monoisotopic (exact) mass is 315 g/mol. The van der Waals surface area contributed by atoms with Crippen LogP contribution in [-0.2, 0) is 11.2 Å². The Bertz CT molecular complexity index is 493. The first-order chi connectivity index (χ1) is 10.3. The molecule has 1 aliphatic heterocycles. The van der Waals surface area contributed by atoms with Gasteiger partial charge in [0.1, 0.15) is 0 Å². The fourth-order valence-electron chi connectivity index (χ4n) is 2.65. The molecule has 7 heteroatoms. The Hall–Kier alpha value is -1.63. The molecule has 0 saturated carbocycles. The van der Waals surface area contributed by atoms with E-state index in [0.29, 0.717) is 25.9 Å². The summed E-state index contributed by atoms with van der Waals surface area (Å²) in [4.78, 5) is 19.1. The highest BCUT2D eigenvalue weighted by atomic mass is 19.4. The summed E-state index contributed by atoms with van der Waals surface area (Å²) in [5, 5.41) is 0. The Balaban J connectivity index is 1.81. The number of aromatic nitrogens is 1. The number of pyridine rings is 1. The zero-order valence-electron chi connectivity index (χ0n) is 12.5. The molecule has 0 aliphatic carbocycles. The largest absolute Gasteiger partial charge is 0.401 e. The summed E-state index contributed by atoms with van der Waals surface area (Å²) in [6, 6.07) is 3.44. The molecular weight excluding hydrogens is 295 g/mol. The number of carbonyl (C=O) groups excluding carboxylic acids is 1. The Morgan fingerprint density at radius 3 is 2.59 bits per heavy atom. The number of hydrogen-bond donors (Lipinski definition) is 0. The molecule has 0 spiro atoms. The molecule has 1 fully saturated rings. The van der Waals surface area contributed by atoms with Crippen molar-refractivity contribution < 1.29 is 18.0 Å². The number of alkyl halides is 3. The predicted molar refractivity (Wildman–Crippen MR) is 76.2 cm³/mol. The van der Waals surface area contributed by atoms with Crippen molar-refractivity contribution >= 4 is 5.91 Å². The molecule has 1 aliphatic rings. The van der Waals surface area contributed by atoms with Gasteiger partial charge in [-0.05, 0) is 31.0 Å². The fraction of sp³-hybridized carbons (Fsp3) is 0.600. The Morgan fingerprint density at radius 2 is 2.00 bits per heavy atom. The summed E-state index contributed by atoms with van der Waals surface area (Å²) >= 11 is 0. The molecule has 2 heterocycles. The lowest BCUT2D eigenvalue weighted by Crippen LogP contribution is -2.55. The number of piperazine rings is 1. The standard InChI is InChI=1S/C15H20F3N3O/c1-12-10-20(8-9-21(12)11-15(16,17)18)14(22)3-2-13-4-6-19-7-5-13/h4-7,12H,2-3,8-11H2,1H3/t12-/m0/s1. The van der Waals surface area contributed by atoms with E-state index in [-0.39, 0.29) is 18.5 Å². The molecule has 0 aromatic carbocycles. The van der Waals surface area contributed by atoms with Crippen LogP contribution in [0.1, 0.15) is 18.9 Å². The highest BCUT2D eigenvalue weighted by Crippen LogP contribution is 2.20. The lowest BCUT2D eigenvalue weighted by Gasteiger charge is -2.40. The van der Waals surface area contributed by atoms with E-state index in [2.05, 4.69) is 4.98 Å². The summed E-state index contributed by atoms with van der Waals surface area (Å²) in [5.74, 6) is -0.00433. The normalized spacial score (nSPS) is 20.2. The minimum atomic E-state index is -4.19. The van der Waals surface area contributed by atoms with Gasteiger partial charge in [0.2, 0.25) is 5.91 Å². The van der Waals surface area contributed by atoms with Gasteiger partial charge in [-0.25, -0.2) is 0 Å². The molecule has 4 nitrogen and oxygen atoms in total. The van der Waals surface area contributed by atoms with Crippen LogP contribution in [-0.4, -0.2) is 59.1 Å². The molecule has 1 aromatic heterocycles. The van der Waals surface area contributed by atoms with Crippen molar-refractivity contribution in [1.29, 1.82) is 0 Å². The Kier molecular flexibility index (Phi) is 5.39. The summed E-state index contributed by atoms with van der Waals surface area (Å²) < 4.78 is 37.4. The maximum Gasteiger partial charge on any atom is 0.401 e. The smallest absolute Gasteiger partial charge is 0.340 e. The lowest BCUT2D eigenvalue weighted by molar-refractivity contribution is -0.157. The first kappa shape index (κ1) is 16.7. The van der Waals surface area contributed by atoms with Crippen molar-refractivity contribution in [2.45, 2.75) is 32.0 Å². The van der Waals surface area contributed by atoms with Gasteiger partial charge in [0.25, 0.3) is 0 Å². The number of halogens is 3. The number of amides is 1. The van der Waals surface area contributed by atoms with Gasteiger partial charge in [-0.2, -0.15) is 13.2 Å². The van der Waals surface area contributed by atoms with Crippen LogP contribution >= 0.6 is 0 Å². The van der Waals surface area contributed by atoms with Crippen LogP contribution in [0.4, 0.5) is 13.2 Å². The van der Waals surface area contributed by atoms with E-state index >= 15 is 0 Å². The second-order valence-corrected chi connectivity index (χ2v) is 5.63. The van der Waals surface area contributed by atoms with Crippen LogP contribution in [0.25, 0.3) is 0 Å². The van der Waals surface area contributed by atoms with Gasteiger partial charge in [-0.3, -0.25) is 14.7 Å². The summed E-state index contributed by atoms with van der Waals surface area (Å²) in [5.41, 5.74) is 1.03. The zero-order chi connectivity index (χ0) is 16.2. The van der Waals surface area contributed by atoms with Gasteiger partial charge in [-0.15, -0.1) is 0 Å². The Morgan fingerprint density at radius 1 is 1.32 bits per heavy atom. The molecule has 0 radical (unpaired) electrons. The minimum absolute atomic E-state index is 0.00433. The molecule has 2 rings (SSSR count). The molecule has 1 aromatic rings. The average Bonchev–Trinajstić information content (AvgIpc) is 2.46. The molecule has 0 N–H and O–H groups in total. The van der Waals surface area contributed by atoms with Crippen LogP contribution in [0.15, 0.2) is 24.5 Å². The third-order valence-corrected chi connectivity index (χ3v) is 3.88. The van der Waals surface area contributed by atoms with Crippen LogP contribution in [0.3, 0.4) is 0 Å². The van der Waals surface area contributed by atoms with E-state index < -0.39 is 12.7 Å². The van der Waals surface area contributed by atoms with Crippen LogP contribution in [0.2, 0.25) is 0 Å². The van der Waals surface area contributed by atoms with E-state index in [9.17, 15) is 18.0 Å². The van der Waals surface area contributed by atoms with Crippen LogP contribution < -0.4 is 0 Å². The summed E-state index contributed by atoms with van der Waals surface area (Å²) in [7, 11) is 0. The van der Waals surface area contributed by atoms with Gasteiger partial charge in [0, 0.05) is 44.5 Å². The highest BCUT2D eigenvalue weighted by Gasteiger charge is 2.35. The number of carbonyl (C=O) groups is 1. The first-order valence-corrected chi connectivity index (χ1v) is 7.32. The molecular formula is C15H20F3N3O. The predicted octanol–water partition coefficient (Wildman–Crippen LogP) is 2.11. The SMILES string of the molecule is C[C@H]1CN(C(=O)CCc2ccncc2)CCN1CC(F)(F)F. The minimum Gasteiger partial charge on any atom is -0.340 e. The van der Waals surface area contributed by atoms with E-state index in [0.717, 1.165) is 5.56 Å². The summed E-state index contributed by atoms with van der Waals surface area (Å²) in [6.45, 7) is 1.80. The fourth-order valence-corrected chi connectivity index (χ4v) is 2.65. The highest BCUT2D eigenvalue weighted by molar-refractivity contribution is 5.76. The number of aryl methyl sites for hydroxylation is 1. The van der Waals surface area contributed by atoms with E-state index in [1.807, 2.05) is 12.1 Å². The topological polar surface area (TPSA) is 36.4 Å². The van der Waals surface area contributed by atoms with Crippen molar-refractivity contribution in [3.05, 3.63) is 30.1 Å². The van der Waals surface area contributed by atoms with Gasteiger partial charge in [0.15, 0.2) is 0 Å². The molecule has 22 heavy (non-hydrogen) atoms. The number of nitrogens with zero attached hydrogens (tertiary/aromatic N) is 3. The molecule has 1 saturated heterocycles. The quantitative estimate of drug-likeness (QED) is 0.854. The molecule has 1 atom stereocenters. The van der Waals surface area contributed by atoms with Crippen molar-refractivity contribution in [2.75, 3.05) is 26.2 Å². The number of rotatable bonds is 4. The third kappa shape index (κ3) is 4.98. The molecule has 122 valence electrons. The maximum atomic E-state index is 12.5. The molecule has 0 unspecified atom stereocenters. The second kappa shape index (κ2) is 7.09. The zero-order valence-corrected chi connectivity index (χ0v) is 12.5. The van der Waals surface area contributed by atoms with Crippen LogP contribution in [0.5, 0.6) is 0 Å².